The summed E-state index contributed by atoms with van der Waals surface area (Å²) in [5, 5.41) is 0. The average Bonchev–Trinajstić information content (AvgIpc) is 2.84. The lowest BCUT2D eigenvalue weighted by Gasteiger charge is -2.16. The second kappa shape index (κ2) is 3.25. The summed E-state index contributed by atoms with van der Waals surface area (Å²) in [4.78, 5) is 0. The lowest BCUT2D eigenvalue weighted by molar-refractivity contribution is 0.290. The minimum atomic E-state index is 0.159. The molecule has 0 N–H and O–H groups in total. The van der Waals surface area contributed by atoms with Crippen molar-refractivity contribution >= 4 is 15.9 Å². The number of benzene rings is 1. The predicted octanol–water partition coefficient (Wildman–Crippen LogP) is 4.24. The third kappa shape index (κ3) is 1.50. The van der Waals surface area contributed by atoms with Gasteiger partial charge in [-0.25, -0.2) is 0 Å². The molecule has 0 aromatic heterocycles. The molecule has 0 radical (unpaired) electrons. The normalized spacial score (nSPS) is 29.8. The zero-order valence-electron chi connectivity index (χ0n) is 10.0. The van der Waals surface area contributed by atoms with E-state index in [0.29, 0.717) is 0 Å². The highest BCUT2D eigenvalue weighted by Gasteiger charge is 2.38. The average molecular weight is 281 g/mol. The van der Waals surface area contributed by atoms with Gasteiger partial charge >= 0.3 is 0 Å². The summed E-state index contributed by atoms with van der Waals surface area (Å²) < 4.78 is 6.91. The summed E-state index contributed by atoms with van der Waals surface area (Å²) in [6.07, 6.45) is 1.34. The van der Waals surface area contributed by atoms with Crippen LogP contribution in [0.2, 0.25) is 0 Å². The molecule has 1 heterocycles. The standard InChI is InChI=1S/C14H17BrO/c1-8-4-10(8)9-5-11-13(12(15)6-9)16-7-14(11,2)3/h5-6,8,10H,4,7H2,1-3H3. The molecule has 0 amide bonds. The van der Waals surface area contributed by atoms with Gasteiger partial charge in [0, 0.05) is 11.0 Å². The molecule has 1 fully saturated rings. The molecule has 1 aliphatic carbocycles. The summed E-state index contributed by atoms with van der Waals surface area (Å²) in [6, 6.07) is 4.61. The van der Waals surface area contributed by atoms with Crippen molar-refractivity contribution in [3.05, 3.63) is 27.7 Å². The molecular formula is C14H17BrO. The zero-order valence-corrected chi connectivity index (χ0v) is 11.6. The number of rotatable bonds is 1. The van der Waals surface area contributed by atoms with Crippen LogP contribution in [0.1, 0.15) is 44.2 Å². The molecule has 86 valence electrons. The molecule has 1 aromatic rings. The van der Waals surface area contributed by atoms with E-state index in [2.05, 4.69) is 48.8 Å². The summed E-state index contributed by atoms with van der Waals surface area (Å²) in [5.74, 6) is 2.69. The molecule has 0 saturated heterocycles. The summed E-state index contributed by atoms with van der Waals surface area (Å²) in [5.41, 5.74) is 3.01. The van der Waals surface area contributed by atoms with Crippen LogP contribution in [0.5, 0.6) is 5.75 Å². The SMILES string of the molecule is CC1CC1c1cc(Br)c2c(c1)C(C)(C)CO2. The molecule has 2 unspecified atom stereocenters. The fourth-order valence-corrected chi connectivity index (χ4v) is 3.19. The van der Waals surface area contributed by atoms with Crippen LogP contribution >= 0.6 is 15.9 Å². The molecule has 3 rings (SSSR count). The van der Waals surface area contributed by atoms with Gasteiger partial charge in [-0.2, -0.15) is 0 Å². The number of fused-ring (bicyclic) bond motifs is 1. The summed E-state index contributed by atoms with van der Waals surface area (Å²) in [7, 11) is 0. The Morgan fingerprint density at radius 3 is 2.69 bits per heavy atom. The number of halogens is 1. The fourth-order valence-electron chi connectivity index (χ4n) is 2.59. The third-order valence-corrected chi connectivity index (χ3v) is 4.50. The minimum Gasteiger partial charge on any atom is -0.491 e. The molecule has 2 heteroatoms. The first-order valence-corrected chi connectivity index (χ1v) is 6.75. The zero-order chi connectivity index (χ0) is 11.5. The van der Waals surface area contributed by atoms with Crippen LogP contribution < -0.4 is 4.74 Å². The van der Waals surface area contributed by atoms with Gasteiger partial charge in [0.25, 0.3) is 0 Å². The number of hydrogen-bond donors (Lipinski definition) is 0. The Hall–Kier alpha value is -0.500. The van der Waals surface area contributed by atoms with Crippen LogP contribution in [-0.2, 0) is 5.41 Å². The van der Waals surface area contributed by atoms with Gasteiger partial charge in [-0.3, -0.25) is 0 Å². The van der Waals surface area contributed by atoms with Crippen molar-refractivity contribution in [3.63, 3.8) is 0 Å². The first-order valence-electron chi connectivity index (χ1n) is 5.96. The van der Waals surface area contributed by atoms with Gasteiger partial charge in [0.2, 0.25) is 0 Å². The van der Waals surface area contributed by atoms with Crippen LogP contribution in [0.4, 0.5) is 0 Å². The van der Waals surface area contributed by atoms with Crippen LogP contribution in [0.25, 0.3) is 0 Å². The smallest absolute Gasteiger partial charge is 0.137 e. The maximum atomic E-state index is 5.78. The second-order valence-electron chi connectivity index (χ2n) is 5.87. The van der Waals surface area contributed by atoms with Crippen LogP contribution in [0.15, 0.2) is 16.6 Å². The van der Waals surface area contributed by atoms with Crippen molar-refractivity contribution < 1.29 is 4.74 Å². The Kier molecular flexibility index (Phi) is 2.16. The van der Waals surface area contributed by atoms with E-state index in [1.165, 1.54) is 17.5 Å². The lowest BCUT2D eigenvalue weighted by Crippen LogP contribution is -2.18. The van der Waals surface area contributed by atoms with E-state index >= 15 is 0 Å². The van der Waals surface area contributed by atoms with Crippen molar-refractivity contribution in [1.82, 2.24) is 0 Å². The van der Waals surface area contributed by atoms with Crippen molar-refractivity contribution in [1.29, 1.82) is 0 Å². The minimum absolute atomic E-state index is 0.159. The van der Waals surface area contributed by atoms with Gasteiger partial charge in [0.1, 0.15) is 5.75 Å². The predicted molar refractivity (Wildman–Crippen MR) is 69.2 cm³/mol. The fraction of sp³-hybridized carbons (Fsp3) is 0.571. The van der Waals surface area contributed by atoms with Crippen molar-refractivity contribution in [2.45, 2.75) is 38.5 Å². The van der Waals surface area contributed by atoms with Crippen molar-refractivity contribution in [3.8, 4) is 5.75 Å². The maximum Gasteiger partial charge on any atom is 0.137 e. The number of ether oxygens (including phenoxy) is 1. The Morgan fingerprint density at radius 1 is 1.38 bits per heavy atom. The summed E-state index contributed by atoms with van der Waals surface area (Å²) in [6.45, 7) is 7.63. The first-order chi connectivity index (χ1) is 7.49. The van der Waals surface area contributed by atoms with Crippen molar-refractivity contribution in [2.24, 2.45) is 5.92 Å². The second-order valence-corrected chi connectivity index (χ2v) is 6.73. The van der Waals surface area contributed by atoms with Crippen LogP contribution in [-0.4, -0.2) is 6.61 Å². The lowest BCUT2D eigenvalue weighted by atomic mass is 9.85. The van der Waals surface area contributed by atoms with Gasteiger partial charge in [-0.15, -0.1) is 0 Å². The molecule has 2 atom stereocenters. The Bertz CT molecular complexity index is 450. The van der Waals surface area contributed by atoms with E-state index in [1.807, 2.05) is 0 Å². The molecule has 1 saturated carbocycles. The van der Waals surface area contributed by atoms with Crippen molar-refractivity contribution in [2.75, 3.05) is 6.61 Å². The molecule has 0 bridgehead atoms. The highest BCUT2D eigenvalue weighted by Crippen LogP contribution is 2.51. The quantitative estimate of drug-likeness (QED) is 0.748. The topological polar surface area (TPSA) is 9.23 Å². The van der Waals surface area contributed by atoms with E-state index in [-0.39, 0.29) is 5.41 Å². The molecular weight excluding hydrogens is 264 g/mol. The van der Waals surface area contributed by atoms with Crippen LogP contribution in [0.3, 0.4) is 0 Å². The Balaban J connectivity index is 2.09. The number of hydrogen-bond acceptors (Lipinski definition) is 1. The molecule has 1 aromatic carbocycles. The van der Waals surface area contributed by atoms with Gasteiger partial charge in [0.15, 0.2) is 0 Å². The third-order valence-electron chi connectivity index (χ3n) is 3.91. The van der Waals surface area contributed by atoms with E-state index in [9.17, 15) is 0 Å². The monoisotopic (exact) mass is 280 g/mol. The van der Waals surface area contributed by atoms with E-state index in [4.69, 9.17) is 4.74 Å². The highest BCUT2D eigenvalue weighted by molar-refractivity contribution is 9.10. The molecule has 1 aliphatic heterocycles. The molecule has 2 aliphatic rings. The molecule has 16 heavy (non-hydrogen) atoms. The Morgan fingerprint density at radius 2 is 2.06 bits per heavy atom. The van der Waals surface area contributed by atoms with E-state index in [0.717, 1.165) is 28.7 Å². The Labute approximate surface area is 105 Å². The van der Waals surface area contributed by atoms with Gasteiger partial charge < -0.3 is 4.74 Å². The van der Waals surface area contributed by atoms with Crippen LogP contribution in [0, 0.1) is 5.92 Å². The van der Waals surface area contributed by atoms with Gasteiger partial charge in [0.05, 0.1) is 11.1 Å². The van der Waals surface area contributed by atoms with E-state index in [1.54, 1.807) is 0 Å². The molecule has 0 spiro atoms. The summed E-state index contributed by atoms with van der Waals surface area (Å²) >= 11 is 3.64. The maximum absolute atomic E-state index is 5.78. The van der Waals surface area contributed by atoms with Gasteiger partial charge in [-0.05, 0) is 45.8 Å². The highest BCUT2D eigenvalue weighted by atomic mass is 79.9. The van der Waals surface area contributed by atoms with Gasteiger partial charge in [-0.1, -0.05) is 26.8 Å². The molecule has 1 nitrogen and oxygen atoms in total. The largest absolute Gasteiger partial charge is 0.491 e. The van der Waals surface area contributed by atoms with E-state index < -0.39 is 0 Å². The first kappa shape index (κ1) is 10.6.